The minimum absolute atomic E-state index is 0.0418. The molecular weight excluding hydrogens is 435 g/mol. The standard InChI is InChI=1S/C26H27FN4O3/c27-20-10-6-18(7-11-20)17-31(26(34)23-16-28-14-15-29-23)24(19-8-12-22(32)13-9-19)25(33)30-21-4-2-1-3-5-21/h6-16,21,24,32H,1-5,17H2,(H,30,33)/t24-/m1/s1. The van der Waals surface area contributed by atoms with Crippen LogP contribution in [0, 0.1) is 5.82 Å². The average molecular weight is 463 g/mol. The van der Waals surface area contributed by atoms with Crippen LogP contribution in [0.3, 0.4) is 0 Å². The van der Waals surface area contributed by atoms with E-state index in [-0.39, 0.29) is 35.8 Å². The monoisotopic (exact) mass is 462 g/mol. The highest BCUT2D eigenvalue weighted by atomic mass is 19.1. The molecule has 0 bridgehead atoms. The van der Waals surface area contributed by atoms with Crippen molar-refractivity contribution < 1.29 is 19.1 Å². The van der Waals surface area contributed by atoms with Gasteiger partial charge in [0.05, 0.1) is 6.20 Å². The van der Waals surface area contributed by atoms with Crippen LogP contribution >= 0.6 is 0 Å². The topological polar surface area (TPSA) is 95.4 Å². The first-order chi connectivity index (χ1) is 16.5. The fraction of sp³-hybridized carbons (Fsp3) is 0.308. The van der Waals surface area contributed by atoms with Crippen molar-refractivity contribution in [2.75, 3.05) is 0 Å². The molecule has 4 rings (SSSR count). The number of phenols is 1. The van der Waals surface area contributed by atoms with Gasteiger partial charge in [0.1, 0.15) is 23.3 Å². The summed E-state index contributed by atoms with van der Waals surface area (Å²) in [4.78, 5) is 36.8. The Balaban J connectivity index is 1.73. The van der Waals surface area contributed by atoms with E-state index >= 15 is 0 Å². The Morgan fingerprint density at radius 2 is 1.74 bits per heavy atom. The van der Waals surface area contributed by atoms with Gasteiger partial charge in [-0.25, -0.2) is 9.37 Å². The summed E-state index contributed by atoms with van der Waals surface area (Å²) < 4.78 is 13.5. The third-order valence-electron chi connectivity index (χ3n) is 6.03. The number of hydrogen-bond donors (Lipinski definition) is 2. The highest BCUT2D eigenvalue weighted by Crippen LogP contribution is 2.28. The van der Waals surface area contributed by atoms with Crippen molar-refractivity contribution in [2.45, 2.75) is 50.7 Å². The van der Waals surface area contributed by atoms with Gasteiger partial charge in [-0.1, -0.05) is 43.5 Å². The molecule has 1 saturated carbocycles. The van der Waals surface area contributed by atoms with Gasteiger partial charge in [-0.05, 0) is 48.2 Å². The minimum atomic E-state index is -0.984. The molecule has 0 unspecified atom stereocenters. The van der Waals surface area contributed by atoms with Crippen molar-refractivity contribution in [2.24, 2.45) is 0 Å². The lowest BCUT2D eigenvalue weighted by Crippen LogP contribution is -2.47. The van der Waals surface area contributed by atoms with E-state index < -0.39 is 11.9 Å². The molecule has 0 spiro atoms. The number of nitrogens with zero attached hydrogens (tertiary/aromatic N) is 3. The van der Waals surface area contributed by atoms with Crippen LogP contribution in [0.1, 0.15) is 59.8 Å². The molecule has 1 aliphatic rings. The van der Waals surface area contributed by atoms with Gasteiger partial charge in [0.25, 0.3) is 5.91 Å². The molecule has 1 fully saturated rings. The second kappa shape index (κ2) is 10.9. The van der Waals surface area contributed by atoms with E-state index in [0.29, 0.717) is 11.1 Å². The molecule has 0 radical (unpaired) electrons. The van der Waals surface area contributed by atoms with Gasteiger partial charge in [-0.3, -0.25) is 14.6 Å². The van der Waals surface area contributed by atoms with Crippen molar-refractivity contribution in [3.05, 3.63) is 89.8 Å². The normalized spacial score (nSPS) is 14.9. The molecular formula is C26H27FN4O3. The van der Waals surface area contributed by atoms with Gasteiger partial charge in [0, 0.05) is 25.0 Å². The van der Waals surface area contributed by atoms with Crippen LogP contribution in [0.15, 0.2) is 67.1 Å². The number of carbonyl (C=O) groups is 2. The predicted molar refractivity (Wildman–Crippen MR) is 124 cm³/mol. The van der Waals surface area contributed by atoms with Crippen molar-refractivity contribution in [1.82, 2.24) is 20.2 Å². The first-order valence-electron chi connectivity index (χ1n) is 11.4. The molecule has 0 saturated heterocycles. The molecule has 8 heteroatoms. The van der Waals surface area contributed by atoms with Crippen LogP contribution in [0.2, 0.25) is 0 Å². The summed E-state index contributed by atoms with van der Waals surface area (Å²) in [5.74, 6) is -1.12. The lowest BCUT2D eigenvalue weighted by Gasteiger charge is -2.33. The Hall–Kier alpha value is -3.81. The van der Waals surface area contributed by atoms with Gasteiger partial charge in [-0.15, -0.1) is 0 Å². The van der Waals surface area contributed by atoms with Crippen LogP contribution in [0.25, 0.3) is 0 Å². The molecule has 1 heterocycles. The number of amides is 2. The quantitative estimate of drug-likeness (QED) is 0.550. The molecule has 3 aromatic rings. The van der Waals surface area contributed by atoms with Crippen molar-refractivity contribution in [1.29, 1.82) is 0 Å². The Bertz CT molecular complexity index is 1100. The molecule has 0 aliphatic heterocycles. The summed E-state index contributed by atoms with van der Waals surface area (Å²) >= 11 is 0. The van der Waals surface area contributed by atoms with Crippen LogP contribution < -0.4 is 5.32 Å². The van der Waals surface area contributed by atoms with E-state index in [2.05, 4.69) is 15.3 Å². The Labute approximate surface area is 197 Å². The first kappa shape index (κ1) is 23.4. The van der Waals surface area contributed by atoms with Gasteiger partial charge >= 0.3 is 0 Å². The van der Waals surface area contributed by atoms with Crippen LogP contribution in [0.4, 0.5) is 4.39 Å². The van der Waals surface area contributed by atoms with Gasteiger partial charge < -0.3 is 15.3 Å². The number of rotatable bonds is 7. The maximum Gasteiger partial charge on any atom is 0.275 e. The van der Waals surface area contributed by atoms with Gasteiger partial charge in [0.15, 0.2) is 0 Å². The van der Waals surface area contributed by atoms with Crippen LogP contribution in [0.5, 0.6) is 5.75 Å². The third-order valence-corrected chi connectivity index (χ3v) is 6.03. The smallest absolute Gasteiger partial charge is 0.275 e. The lowest BCUT2D eigenvalue weighted by atomic mass is 9.94. The average Bonchev–Trinajstić information content (AvgIpc) is 2.86. The highest BCUT2D eigenvalue weighted by molar-refractivity contribution is 5.96. The molecule has 1 aliphatic carbocycles. The summed E-state index contributed by atoms with van der Waals surface area (Å²) in [7, 11) is 0. The Morgan fingerprint density at radius 3 is 2.38 bits per heavy atom. The maximum atomic E-state index is 13.7. The van der Waals surface area contributed by atoms with E-state index in [1.807, 2.05) is 0 Å². The maximum absolute atomic E-state index is 13.7. The number of nitrogens with one attached hydrogen (secondary N) is 1. The van der Waals surface area contributed by atoms with E-state index in [1.54, 1.807) is 24.3 Å². The number of aromatic hydroxyl groups is 1. The summed E-state index contributed by atoms with van der Waals surface area (Å²) in [5, 5.41) is 12.9. The number of hydrogen-bond acceptors (Lipinski definition) is 5. The number of benzene rings is 2. The summed E-state index contributed by atoms with van der Waals surface area (Å²) in [6, 6.07) is 11.1. The highest BCUT2D eigenvalue weighted by Gasteiger charge is 2.34. The fourth-order valence-corrected chi connectivity index (χ4v) is 4.28. The zero-order valence-electron chi connectivity index (χ0n) is 18.7. The van der Waals surface area contributed by atoms with Gasteiger partial charge in [0.2, 0.25) is 5.91 Å². The second-order valence-corrected chi connectivity index (χ2v) is 8.49. The fourth-order valence-electron chi connectivity index (χ4n) is 4.28. The molecule has 2 aromatic carbocycles. The second-order valence-electron chi connectivity index (χ2n) is 8.49. The van der Waals surface area contributed by atoms with Crippen LogP contribution in [-0.4, -0.2) is 37.8 Å². The molecule has 1 aromatic heterocycles. The predicted octanol–water partition coefficient (Wildman–Crippen LogP) is 4.15. The Morgan fingerprint density at radius 1 is 1.03 bits per heavy atom. The molecule has 7 nitrogen and oxygen atoms in total. The van der Waals surface area contributed by atoms with Crippen LogP contribution in [-0.2, 0) is 11.3 Å². The van der Waals surface area contributed by atoms with E-state index in [0.717, 1.165) is 32.1 Å². The van der Waals surface area contributed by atoms with Crippen molar-refractivity contribution in [3.63, 3.8) is 0 Å². The molecule has 34 heavy (non-hydrogen) atoms. The van der Waals surface area contributed by atoms with Crippen molar-refractivity contribution in [3.8, 4) is 5.75 Å². The van der Waals surface area contributed by atoms with Crippen molar-refractivity contribution >= 4 is 11.8 Å². The van der Waals surface area contributed by atoms with E-state index in [9.17, 15) is 19.1 Å². The third kappa shape index (κ3) is 5.75. The number of aromatic nitrogens is 2. The van der Waals surface area contributed by atoms with Gasteiger partial charge in [-0.2, -0.15) is 0 Å². The number of halogens is 1. The zero-order chi connectivity index (χ0) is 23.9. The Kier molecular flexibility index (Phi) is 7.47. The number of carbonyl (C=O) groups excluding carboxylic acids is 2. The zero-order valence-corrected chi connectivity index (χ0v) is 18.7. The molecule has 1 atom stereocenters. The lowest BCUT2D eigenvalue weighted by molar-refractivity contribution is -0.127. The van der Waals surface area contributed by atoms with E-state index in [4.69, 9.17) is 0 Å². The summed E-state index contributed by atoms with van der Waals surface area (Å²) in [5.41, 5.74) is 1.30. The van der Waals surface area contributed by atoms with E-state index in [1.165, 1.54) is 47.8 Å². The first-order valence-corrected chi connectivity index (χ1v) is 11.4. The largest absolute Gasteiger partial charge is 0.508 e. The molecule has 2 N–H and O–H groups in total. The summed E-state index contributed by atoms with van der Waals surface area (Å²) in [6.45, 7) is 0.0549. The number of phenolic OH excluding ortho intramolecular Hbond substituents is 1. The summed E-state index contributed by atoms with van der Waals surface area (Å²) in [6.07, 6.45) is 9.27. The molecule has 2 amide bonds. The minimum Gasteiger partial charge on any atom is -0.508 e. The SMILES string of the molecule is O=C(NC1CCCCC1)[C@@H](c1ccc(O)cc1)N(Cc1ccc(F)cc1)C(=O)c1cnccn1. The molecule has 176 valence electrons.